The molecular formula is C11H11N3. The number of hydrogen-bond donors (Lipinski definition) is 1. The minimum atomic E-state index is -0.129. The van der Waals surface area contributed by atoms with E-state index in [-0.39, 0.29) is 5.54 Å². The number of nitrogens with zero attached hydrogens (tertiary/aromatic N) is 2. The number of pyridine rings is 2. The van der Waals surface area contributed by atoms with Crippen LogP contribution in [0.2, 0.25) is 0 Å². The minimum Gasteiger partial charge on any atom is -0.321 e. The molecule has 14 heavy (non-hydrogen) atoms. The Kier molecular flexibility index (Phi) is 1.42. The van der Waals surface area contributed by atoms with E-state index in [1.165, 1.54) is 0 Å². The Hall–Kier alpha value is -1.48. The molecule has 0 spiro atoms. The highest BCUT2D eigenvalue weighted by Gasteiger charge is 2.41. The molecule has 2 aromatic rings. The van der Waals surface area contributed by atoms with Gasteiger partial charge in [-0.05, 0) is 24.5 Å². The van der Waals surface area contributed by atoms with Gasteiger partial charge in [-0.1, -0.05) is 0 Å². The number of aromatic nitrogens is 2. The molecule has 0 radical (unpaired) electrons. The first kappa shape index (κ1) is 7.88. The van der Waals surface area contributed by atoms with Gasteiger partial charge in [-0.3, -0.25) is 9.97 Å². The Morgan fingerprint density at radius 2 is 2.00 bits per heavy atom. The molecule has 1 saturated carbocycles. The zero-order valence-electron chi connectivity index (χ0n) is 7.77. The molecule has 2 aromatic heterocycles. The second kappa shape index (κ2) is 2.51. The maximum absolute atomic E-state index is 6.17. The fourth-order valence-electron chi connectivity index (χ4n) is 1.81. The Labute approximate surface area is 82.0 Å². The normalized spacial score (nSPS) is 18.4. The van der Waals surface area contributed by atoms with E-state index in [4.69, 9.17) is 5.73 Å². The van der Waals surface area contributed by atoms with Gasteiger partial charge in [0.25, 0.3) is 0 Å². The standard InChI is InChI=1S/C11H11N3/c12-11(2-3-11)10-7-14-5-8-1-4-13-6-9(8)10/h1,4-7H,2-3,12H2. The van der Waals surface area contributed by atoms with E-state index >= 15 is 0 Å². The van der Waals surface area contributed by atoms with Crippen molar-refractivity contribution < 1.29 is 0 Å². The van der Waals surface area contributed by atoms with Gasteiger partial charge in [-0.25, -0.2) is 0 Å². The quantitative estimate of drug-likeness (QED) is 0.733. The summed E-state index contributed by atoms with van der Waals surface area (Å²) in [5.74, 6) is 0. The van der Waals surface area contributed by atoms with Gasteiger partial charge in [0.2, 0.25) is 0 Å². The van der Waals surface area contributed by atoms with Gasteiger partial charge in [0.05, 0.1) is 0 Å². The summed E-state index contributed by atoms with van der Waals surface area (Å²) in [6.07, 6.45) is 9.50. The van der Waals surface area contributed by atoms with E-state index in [0.29, 0.717) is 0 Å². The molecule has 3 nitrogen and oxygen atoms in total. The highest BCUT2D eigenvalue weighted by Crippen LogP contribution is 2.44. The molecule has 0 unspecified atom stereocenters. The van der Waals surface area contributed by atoms with Crippen LogP contribution in [0.15, 0.2) is 30.9 Å². The predicted molar refractivity (Wildman–Crippen MR) is 54.6 cm³/mol. The van der Waals surface area contributed by atoms with Gasteiger partial charge in [-0.2, -0.15) is 0 Å². The van der Waals surface area contributed by atoms with E-state index in [1.54, 1.807) is 6.20 Å². The average Bonchev–Trinajstić information content (AvgIpc) is 2.97. The molecule has 3 rings (SSSR count). The molecule has 0 amide bonds. The number of fused-ring (bicyclic) bond motifs is 1. The van der Waals surface area contributed by atoms with Gasteiger partial charge < -0.3 is 5.73 Å². The Balaban J connectivity index is 2.33. The molecule has 3 heteroatoms. The molecule has 0 atom stereocenters. The second-order valence-corrected chi connectivity index (χ2v) is 3.94. The zero-order chi connectivity index (χ0) is 9.60. The van der Waals surface area contributed by atoms with Crippen molar-refractivity contribution in [2.24, 2.45) is 5.73 Å². The maximum Gasteiger partial charge on any atom is 0.0433 e. The predicted octanol–water partition coefficient (Wildman–Crippen LogP) is 1.58. The van der Waals surface area contributed by atoms with Crippen LogP contribution in [0.4, 0.5) is 0 Å². The Bertz CT molecular complexity index is 483. The molecule has 1 aliphatic carbocycles. The molecule has 0 aliphatic heterocycles. The lowest BCUT2D eigenvalue weighted by Gasteiger charge is -2.11. The second-order valence-electron chi connectivity index (χ2n) is 3.94. The van der Waals surface area contributed by atoms with Crippen molar-refractivity contribution in [1.29, 1.82) is 0 Å². The van der Waals surface area contributed by atoms with Gasteiger partial charge in [-0.15, -0.1) is 0 Å². The van der Waals surface area contributed by atoms with Crippen LogP contribution in [0.25, 0.3) is 10.8 Å². The topological polar surface area (TPSA) is 51.8 Å². The van der Waals surface area contributed by atoms with Crippen molar-refractivity contribution in [3.05, 3.63) is 36.4 Å². The monoisotopic (exact) mass is 185 g/mol. The molecule has 2 N–H and O–H groups in total. The number of nitrogens with two attached hydrogens (primary N) is 1. The van der Waals surface area contributed by atoms with Crippen LogP contribution in [0.5, 0.6) is 0 Å². The van der Waals surface area contributed by atoms with Gasteiger partial charge in [0.15, 0.2) is 0 Å². The number of hydrogen-bond acceptors (Lipinski definition) is 3. The van der Waals surface area contributed by atoms with Crippen LogP contribution in [0.3, 0.4) is 0 Å². The third kappa shape index (κ3) is 1.02. The van der Waals surface area contributed by atoms with Crippen LogP contribution >= 0.6 is 0 Å². The number of rotatable bonds is 1. The van der Waals surface area contributed by atoms with Crippen molar-refractivity contribution in [3.8, 4) is 0 Å². The zero-order valence-corrected chi connectivity index (χ0v) is 7.77. The third-order valence-electron chi connectivity index (χ3n) is 2.89. The van der Waals surface area contributed by atoms with E-state index in [9.17, 15) is 0 Å². The summed E-state index contributed by atoms with van der Waals surface area (Å²) >= 11 is 0. The molecule has 2 heterocycles. The fourth-order valence-corrected chi connectivity index (χ4v) is 1.81. The maximum atomic E-state index is 6.17. The molecular weight excluding hydrogens is 174 g/mol. The summed E-state index contributed by atoms with van der Waals surface area (Å²) in [7, 11) is 0. The van der Waals surface area contributed by atoms with Crippen LogP contribution in [0, 0.1) is 0 Å². The first-order valence-corrected chi connectivity index (χ1v) is 4.77. The largest absolute Gasteiger partial charge is 0.321 e. The summed E-state index contributed by atoms with van der Waals surface area (Å²) in [4.78, 5) is 8.34. The first-order chi connectivity index (χ1) is 6.80. The van der Waals surface area contributed by atoms with Crippen LogP contribution in [0.1, 0.15) is 18.4 Å². The fraction of sp³-hybridized carbons (Fsp3) is 0.273. The van der Waals surface area contributed by atoms with E-state index in [2.05, 4.69) is 9.97 Å². The van der Waals surface area contributed by atoms with Gasteiger partial charge in [0, 0.05) is 41.1 Å². The van der Waals surface area contributed by atoms with Crippen LogP contribution in [-0.4, -0.2) is 9.97 Å². The highest BCUT2D eigenvalue weighted by atomic mass is 14.8. The lowest BCUT2D eigenvalue weighted by Crippen LogP contribution is -2.19. The van der Waals surface area contributed by atoms with Crippen molar-refractivity contribution in [2.45, 2.75) is 18.4 Å². The third-order valence-corrected chi connectivity index (χ3v) is 2.89. The van der Waals surface area contributed by atoms with Crippen LogP contribution < -0.4 is 5.73 Å². The van der Waals surface area contributed by atoms with Gasteiger partial charge in [0.1, 0.15) is 0 Å². The highest BCUT2D eigenvalue weighted by molar-refractivity contribution is 5.85. The Morgan fingerprint density at radius 3 is 2.79 bits per heavy atom. The smallest absolute Gasteiger partial charge is 0.0433 e. The van der Waals surface area contributed by atoms with Gasteiger partial charge >= 0.3 is 0 Å². The minimum absolute atomic E-state index is 0.129. The first-order valence-electron chi connectivity index (χ1n) is 4.77. The van der Waals surface area contributed by atoms with E-state index < -0.39 is 0 Å². The molecule has 0 bridgehead atoms. The van der Waals surface area contributed by atoms with Crippen molar-refractivity contribution in [2.75, 3.05) is 0 Å². The molecule has 1 fully saturated rings. The lowest BCUT2D eigenvalue weighted by atomic mass is 10.0. The summed E-state index contributed by atoms with van der Waals surface area (Å²) in [6.45, 7) is 0. The van der Waals surface area contributed by atoms with Crippen LogP contribution in [-0.2, 0) is 5.54 Å². The molecule has 70 valence electrons. The molecule has 0 saturated heterocycles. The van der Waals surface area contributed by atoms with E-state index in [0.717, 1.165) is 29.2 Å². The average molecular weight is 185 g/mol. The molecule has 0 aromatic carbocycles. The summed E-state index contributed by atoms with van der Waals surface area (Å²) < 4.78 is 0. The van der Waals surface area contributed by atoms with Crippen molar-refractivity contribution >= 4 is 10.8 Å². The molecule has 1 aliphatic rings. The van der Waals surface area contributed by atoms with Crippen molar-refractivity contribution in [3.63, 3.8) is 0 Å². The summed E-state index contributed by atoms with van der Waals surface area (Å²) in [5.41, 5.74) is 7.18. The Morgan fingerprint density at radius 1 is 1.14 bits per heavy atom. The van der Waals surface area contributed by atoms with Crippen molar-refractivity contribution in [1.82, 2.24) is 9.97 Å². The SMILES string of the molecule is NC1(c2cncc3ccncc23)CC1. The summed E-state index contributed by atoms with van der Waals surface area (Å²) in [5, 5.41) is 2.26. The van der Waals surface area contributed by atoms with E-state index in [1.807, 2.05) is 24.7 Å². The lowest BCUT2D eigenvalue weighted by molar-refractivity contribution is 0.743. The summed E-state index contributed by atoms with van der Waals surface area (Å²) in [6, 6.07) is 1.97.